The highest BCUT2D eigenvalue weighted by molar-refractivity contribution is 6.33. The van der Waals surface area contributed by atoms with Crippen molar-refractivity contribution in [3.63, 3.8) is 0 Å². The van der Waals surface area contributed by atoms with Crippen molar-refractivity contribution in [3.8, 4) is 0 Å². The normalized spacial score (nSPS) is 20.3. The van der Waals surface area contributed by atoms with Crippen molar-refractivity contribution in [1.29, 1.82) is 0 Å². The standard InChI is InChI=1S/C28H35Cl2N3O2/c1-19-5-7-24(26(30)16-19)20(2)31-27-17-22(6-8-25(27)29)21-9-14-33(15-10-21)23-4-3-12-32(18-23)13-11-28(34)35/h5-9,16-17,20,23,31H,3-4,10-15,18H2,1-2H3,(H,34,35)/t20?,23-/m0/s1. The van der Waals surface area contributed by atoms with Gasteiger partial charge in [0.1, 0.15) is 0 Å². The lowest BCUT2D eigenvalue weighted by atomic mass is 9.96. The molecule has 0 aromatic heterocycles. The smallest absolute Gasteiger partial charge is 0.304 e. The first-order valence-corrected chi connectivity index (χ1v) is 13.3. The molecule has 2 heterocycles. The van der Waals surface area contributed by atoms with Crippen molar-refractivity contribution in [3.05, 3.63) is 69.2 Å². The number of carboxylic acids is 1. The minimum Gasteiger partial charge on any atom is -0.481 e. The Bertz CT molecular complexity index is 1090. The van der Waals surface area contributed by atoms with Crippen LogP contribution in [-0.4, -0.2) is 59.6 Å². The minimum atomic E-state index is -0.717. The minimum absolute atomic E-state index is 0.0297. The van der Waals surface area contributed by atoms with E-state index in [1.807, 2.05) is 19.1 Å². The molecule has 188 valence electrons. The molecule has 5 nitrogen and oxygen atoms in total. The van der Waals surface area contributed by atoms with Gasteiger partial charge in [0.15, 0.2) is 0 Å². The number of hydrogen-bond donors (Lipinski definition) is 2. The zero-order chi connectivity index (χ0) is 24.9. The maximum atomic E-state index is 10.9. The van der Waals surface area contributed by atoms with Crippen LogP contribution in [0.2, 0.25) is 10.0 Å². The van der Waals surface area contributed by atoms with E-state index in [0.717, 1.165) is 60.9 Å². The average molecular weight is 517 g/mol. The van der Waals surface area contributed by atoms with Gasteiger partial charge in [-0.3, -0.25) is 9.69 Å². The quantitative estimate of drug-likeness (QED) is 0.419. The number of aryl methyl sites for hydroxylation is 1. The predicted octanol–water partition coefficient (Wildman–Crippen LogP) is 6.50. The zero-order valence-electron chi connectivity index (χ0n) is 20.6. The second kappa shape index (κ2) is 11.8. The third-order valence-electron chi connectivity index (χ3n) is 7.21. The predicted molar refractivity (Wildman–Crippen MR) is 146 cm³/mol. The number of piperidine rings is 1. The van der Waals surface area contributed by atoms with Crippen LogP contribution in [0.5, 0.6) is 0 Å². The average Bonchev–Trinajstić information content (AvgIpc) is 2.84. The summed E-state index contributed by atoms with van der Waals surface area (Å²) in [5.41, 5.74) is 5.66. The molecule has 1 saturated heterocycles. The van der Waals surface area contributed by atoms with Crippen molar-refractivity contribution in [2.45, 2.75) is 51.6 Å². The van der Waals surface area contributed by atoms with Crippen LogP contribution in [0.3, 0.4) is 0 Å². The summed E-state index contributed by atoms with van der Waals surface area (Å²) in [6, 6.07) is 12.9. The van der Waals surface area contributed by atoms with Gasteiger partial charge in [-0.15, -0.1) is 0 Å². The molecule has 2 N–H and O–H groups in total. The summed E-state index contributed by atoms with van der Waals surface area (Å²) in [5.74, 6) is -0.717. The van der Waals surface area contributed by atoms with E-state index in [9.17, 15) is 4.79 Å². The van der Waals surface area contributed by atoms with Crippen LogP contribution in [0.25, 0.3) is 5.57 Å². The van der Waals surface area contributed by atoms with Crippen LogP contribution in [0.4, 0.5) is 5.69 Å². The molecule has 2 aromatic carbocycles. The Balaban J connectivity index is 1.40. The lowest BCUT2D eigenvalue weighted by molar-refractivity contribution is -0.137. The fraction of sp³-hybridized carbons (Fsp3) is 0.464. The van der Waals surface area contributed by atoms with Gasteiger partial charge in [-0.1, -0.05) is 47.5 Å². The van der Waals surface area contributed by atoms with Gasteiger partial charge >= 0.3 is 5.97 Å². The molecule has 0 aliphatic carbocycles. The van der Waals surface area contributed by atoms with E-state index in [1.54, 1.807) is 0 Å². The largest absolute Gasteiger partial charge is 0.481 e. The molecule has 35 heavy (non-hydrogen) atoms. The number of aliphatic carboxylic acids is 1. The van der Waals surface area contributed by atoms with Crippen LogP contribution in [0.1, 0.15) is 55.3 Å². The molecule has 0 amide bonds. The van der Waals surface area contributed by atoms with Crippen molar-refractivity contribution in [2.75, 3.05) is 38.0 Å². The van der Waals surface area contributed by atoms with Crippen molar-refractivity contribution in [2.24, 2.45) is 0 Å². The maximum absolute atomic E-state index is 10.9. The molecular weight excluding hydrogens is 481 g/mol. The Morgan fingerprint density at radius 2 is 2.00 bits per heavy atom. The zero-order valence-corrected chi connectivity index (χ0v) is 22.1. The summed E-state index contributed by atoms with van der Waals surface area (Å²) in [7, 11) is 0. The molecule has 0 spiro atoms. The number of likely N-dealkylation sites (tertiary alicyclic amines) is 1. The molecule has 2 aliphatic rings. The molecule has 4 rings (SSSR count). The molecule has 0 radical (unpaired) electrons. The lowest BCUT2D eigenvalue weighted by Gasteiger charge is -2.40. The second-order valence-corrected chi connectivity index (χ2v) is 10.6. The number of benzene rings is 2. The molecular formula is C28H35Cl2N3O2. The number of nitrogens with zero attached hydrogens (tertiary/aromatic N) is 2. The Hall–Kier alpha value is -2.05. The monoisotopic (exact) mass is 515 g/mol. The van der Waals surface area contributed by atoms with Gasteiger partial charge < -0.3 is 15.3 Å². The SMILES string of the molecule is Cc1ccc(C(C)Nc2cc(C3=CCN([C@H]4CCCN(CCC(=O)O)C4)CC3)ccc2Cl)c(Cl)c1. The summed E-state index contributed by atoms with van der Waals surface area (Å²) in [6.45, 7) is 8.69. The summed E-state index contributed by atoms with van der Waals surface area (Å²) in [5, 5.41) is 14.0. The van der Waals surface area contributed by atoms with E-state index in [1.165, 1.54) is 17.6 Å². The van der Waals surface area contributed by atoms with Crippen molar-refractivity contribution >= 4 is 40.4 Å². The fourth-order valence-electron chi connectivity index (χ4n) is 5.19. The fourth-order valence-corrected chi connectivity index (χ4v) is 5.77. The van der Waals surface area contributed by atoms with Crippen LogP contribution in [0.15, 0.2) is 42.5 Å². The number of nitrogens with one attached hydrogen (secondary N) is 1. The van der Waals surface area contributed by atoms with Crippen molar-refractivity contribution in [1.82, 2.24) is 9.80 Å². The number of carboxylic acid groups (broad SMARTS) is 1. The van der Waals surface area contributed by atoms with E-state index in [0.29, 0.717) is 17.6 Å². The van der Waals surface area contributed by atoms with Crippen molar-refractivity contribution < 1.29 is 9.90 Å². The molecule has 2 atom stereocenters. The Labute approximate surface area is 218 Å². The first-order valence-electron chi connectivity index (χ1n) is 12.5. The molecule has 2 aliphatic heterocycles. The van der Waals surface area contributed by atoms with E-state index in [2.05, 4.69) is 52.4 Å². The highest BCUT2D eigenvalue weighted by Gasteiger charge is 2.27. The lowest BCUT2D eigenvalue weighted by Crippen LogP contribution is -2.49. The van der Waals surface area contributed by atoms with E-state index >= 15 is 0 Å². The van der Waals surface area contributed by atoms with E-state index < -0.39 is 5.97 Å². The number of halogens is 2. The molecule has 1 fully saturated rings. The highest BCUT2D eigenvalue weighted by Crippen LogP contribution is 2.34. The van der Waals surface area contributed by atoms with Gasteiger partial charge in [-0.05, 0) is 80.1 Å². The van der Waals surface area contributed by atoms with Gasteiger partial charge in [-0.2, -0.15) is 0 Å². The van der Waals surface area contributed by atoms with Gasteiger partial charge in [-0.25, -0.2) is 0 Å². The molecule has 0 bridgehead atoms. The highest BCUT2D eigenvalue weighted by atomic mass is 35.5. The van der Waals surface area contributed by atoms with E-state index in [4.69, 9.17) is 28.3 Å². The number of anilines is 1. The third-order valence-corrected chi connectivity index (χ3v) is 7.87. The second-order valence-electron chi connectivity index (χ2n) is 9.80. The van der Waals surface area contributed by atoms with Gasteiger partial charge in [0.2, 0.25) is 0 Å². The van der Waals surface area contributed by atoms with Crippen LogP contribution in [0, 0.1) is 6.92 Å². The first kappa shape index (κ1) is 26.0. The summed E-state index contributed by atoms with van der Waals surface area (Å²) < 4.78 is 0. The van der Waals surface area contributed by atoms with Gasteiger partial charge in [0, 0.05) is 37.2 Å². The topological polar surface area (TPSA) is 55.8 Å². The van der Waals surface area contributed by atoms with Gasteiger partial charge in [0.25, 0.3) is 0 Å². The molecule has 0 saturated carbocycles. The third kappa shape index (κ3) is 6.79. The summed E-state index contributed by atoms with van der Waals surface area (Å²) >= 11 is 13.0. The number of hydrogen-bond acceptors (Lipinski definition) is 4. The van der Waals surface area contributed by atoms with E-state index in [-0.39, 0.29) is 12.5 Å². The van der Waals surface area contributed by atoms with Crippen LogP contribution in [-0.2, 0) is 4.79 Å². The Morgan fingerprint density at radius 3 is 2.71 bits per heavy atom. The van der Waals surface area contributed by atoms with Crippen LogP contribution < -0.4 is 5.32 Å². The van der Waals surface area contributed by atoms with Crippen LogP contribution >= 0.6 is 23.2 Å². The summed E-state index contributed by atoms with van der Waals surface area (Å²) in [6.07, 6.45) is 5.87. The number of rotatable bonds is 8. The molecule has 7 heteroatoms. The maximum Gasteiger partial charge on any atom is 0.304 e. The van der Waals surface area contributed by atoms with Gasteiger partial charge in [0.05, 0.1) is 23.2 Å². The first-order chi connectivity index (χ1) is 16.8. The Morgan fingerprint density at radius 1 is 1.17 bits per heavy atom. The molecule has 2 aromatic rings. The molecule has 1 unspecified atom stereocenters. The summed E-state index contributed by atoms with van der Waals surface area (Å²) in [4.78, 5) is 15.8. The Kier molecular flexibility index (Phi) is 8.77. The number of carbonyl (C=O) groups is 1.